The van der Waals surface area contributed by atoms with E-state index >= 15 is 0 Å². The van der Waals surface area contributed by atoms with E-state index in [9.17, 15) is 13.2 Å². The first-order chi connectivity index (χ1) is 11.0. The van der Waals surface area contributed by atoms with Gasteiger partial charge in [0.2, 0.25) is 10.0 Å². The van der Waals surface area contributed by atoms with E-state index in [1.165, 1.54) is 10.4 Å². The van der Waals surface area contributed by atoms with E-state index in [0.29, 0.717) is 18.7 Å². The predicted octanol–water partition coefficient (Wildman–Crippen LogP) is 1.37. The fourth-order valence-corrected chi connectivity index (χ4v) is 4.41. The minimum absolute atomic E-state index is 0. The summed E-state index contributed by atoms with van der Waals surface area (Å²) in [7, 11) is -1.71. The van der Waals surface area contributed by atoms with Crippen molar-refractivity contribution >= 4 is 28.3 Å². The Hall–Kier alpha value is -1.15. The highest BCUT2D eigenvalue weighted by atomic mass is 35.5. The minimum atomic E-state index is -3.56. The summed E-state index contributed by atoms with van der Waals surface area (Å²) in [4.78, 5) is 12.3. The largest absolute Gasteiger partial charge is 0.349 e. The van der Waals surface area contributed by atoms with Crippen molar-refractivity contribution in [2.24, 2.45) is 0 Å². The molecule has 1 atom stereocenters. The molecule has 2 aliphatic rings. The number of amides is 1. The molecule has 0 radical (unpaired) electrons. The summed E-state index contributed by atoms with van der Waals surface area (Å²) in [5.74, 6) is -0.198. The number of halogens is 1. The van der Waals surface area contributed by atoms with Gasteiger partial charge in [-0.05, 0) is 50.9 Å². The van der Waals surface area contributed by atoms with Gasteiger partial charge in [0.15, 0.2) is 0 Å². The van der Waals surface area contributed by atoms with E-state index in [0.717, 1.165) is 25.7 Å². The molecule has 134 valence electrons. The Morgan fingerprint density at radius 1 is 1.21 bits per heavy atom. The Labute approximate surface area is 149 Å². The quantitative estimate of drug-likeness (QED) is 0.817. The number of likely N-dealkylation sites (N-methyl/N-ethyl adjacent to an activating group) is 1. The molecule has 0 spiro atoms. The maximum Gasteiger partial charge on any atom is 0.251 e. The number of hydrogen-bond donors (Lipinski definition) is 2. The Morgan fingerprint density at radius 2 is 1.96 bits per heavy atom. The second-order valence-electron chi connectivity index (χ2n) is 6.27. The van der Waals surface area contributed by atoms with Crippen LogP contribution < -0.4 is 10.6 Å². The fraction of sp³-hybridized carbons (Fsp3) is 0.562. The Kier molecular flexibility index (Phi) is 6.25. The minimum Gasteiger partial charge on any atom is -0.349 e. The maximum atomic E-state index is 12.8. The summed E-state index contributed by atoms with van der Waals surface area (Å²) < 4.78 is 27.2. The topological polar surface area (TPSA) is 78.5 Å². The van der Waals surface area contributed by atoms with E-state index < -0.39 is 10.0 Å². The zero-order valence-electron chi connectivity index (χ0n) is 13.7. The van der Waals surface area contributed by atoms with Crippen LogP contribution in [-0.4, -0.2) is 50.9 Å². The van der Waals surface area contributed by atoms with Gasteiger partial charge in [0.05, 0.1) is 4.90 Å². The highest BCUT2D eigenvalue weighted by Crippen LogP contribution is 2.23. The smallest absolute Gasteiger partial charge is 0.251 e. The van der Waals surface area contributed by atoms with Gasteiger partial charge in [-0.2, -0.15) is 4.31 Å². The Balaban J connectivity index is 0.00000208. The number of nitrogens with one attached hydrogen (secondary N) is 2. The number of rotatable bonds is 5. The fourth-order valence-electron chi connectivity index (χ4n) is 2.84. The summed E-state index contributed by atoms with van der Waals surface area (Å²) >= 11 is 0. The van der Waals surface area contributed by atoms with Crippen molar-refractivity contribution in [2.75, 3.05) is 20.1 Å². The van der Waals surface area contributed by atoms with Gasteiger partial charge in [-0.25, -0.2) is 8.42 Å². The van der Waals surface area contributed by atoms with Crippen LogP contribution >= 0.6 is 12.4 Å². The molecule has 3 rings (SSSR count). The average molecular weight is 374 g/mol. The molecule has 1 aliphatic carbocycles. The number of carbonyl (C=O) groups is 1. The molecule has 1 saturated heterocycles. The van der Waals surface area contributed by atoms with Crippen molar-refractivity contribution in [3.05, 3.63) is 29.8 Å². The molecule has 1 aromatic rings. The zero-order chi connectivity index (χ0) is 16.4. The molecule has 24 heavy (non-hydrogen) atoms. The molecule has 2 fully saturated rings. The molecule has 0 aromatic heterocycles. The standard InChI is InChI=1S/C16H23N3O3S.ClH/c1-17-14-5-3-9-19(11-14)23(21,22)15-6-2-4-12(10-15)16(20)18-13-7-8-13;/h2,4,6,10,13-14,17H,3,5,7-9,11H2,1H3,(H,18,20);1H. The van der Waals surface area contributed by atoms with Crippen LogP contribution in [0, 0.1) is 0 Å². The number of benzene rings is 1. The predicted molar refractivity (Wildman–Crippen MR) is 95.0 cm³/mol. The lowest BCUT2D eigenvalue weighted by Crippen LogP contribution is -2.46. The van der Waals surface area contributed by atoms with Crippen molar-refractivity contribution in [1.29, 1.82) is 0 Å². The van der Waals surface area contributed by atoms with E-state index in [1.54, 1.807) is 18.2 Å². The lowest BCUT2D eigenvalue weighted by Gasteiger charge is -2.31. The van der Waals surface area contributed by atoms with Gasteiger partial charge in [0.1, 0.15) is 0 Å². The van der Waals surface area contributed by atoms with Crippen LogP contribution in [0.5, 0.6) is 0 Å². The van der Waals surface area contributed by atoms with Crippen molar-refractivity contribution in [3.8, 4) is 0 Å². The van der Waals surface area contributed by atoms with Gasteiger partial charge in [-0.3, -0.25) is 4.79 Å². The molecule has 1 unspecified atom stereocenters. The molecule has 1 aliphatic heterocycles. The molecule has 1 amide bonds. The molecule has 1 heterocycles. The Morgan fingerprint density at radius 3 is 2.62 bits per heavy atom. The van der Waals surface area contributed by atoms with Gasteiger partial charge >= 0.3 is 0 Å². The van der Waals surface area contributed by atoms with Crippen LogP contribution in [0.2, 0.25) is 0 Å². The monoisotopic (exact) mass is 373 g/mol. The lowest BCUT2D eigenvalue weighted by atomic mass is 10.1. The third kappa shape index (κ3) is 4.27. The van der Waals surface area contributed by atoms with Crippen LogP contribution in [0.3, 0.4) is 0 Å². The zero-order valence-corrected chi connectivity index (χ0v) is 15.3. The summed E-state index contributed by atoms with van der Waals surface area (Å²) in [6.45, 7) is 0.996. The van der Waals surface area contributed by atoms with Gasteiger partial charge < -0.3 is 10.6 Å². The van der Waals surface area contributed by atoms with Crippen LogP contribution in [0.4, 0.5) is 0 Å². The average Bonchev–Trinajstić information content (AvgIpc) is 3.39. The molecule has 2 N–H and O–H groups in total. The first-order valence-corrected chi connectivity index (χ1v) is 9.53. The summed E-state index contributed by atoms with van der Waals surface area (Å²) in [6.07, 6.45) is 3.82. The van der Waals surface area contributed by atoms with Crippen molar-refractivity contribution < 1.29 is 13.2 Å². The second-order valence-corrected chi connectivity index (χ2v) is 8.20. The lowest BCUT2D eigenvalue weighted by molar-refractivity contribution is 0.0951. The normalized spacial score (nSPS) is 21.8. The number of carbonyl (C=O) groups excluding carboxylic acids is 1. The van der Waals surface area contributed by atoms with Gasteiger partial charge in [0, 0.05) is 30.7 Å². The summed E-state index contributed by atoms with van der Waals surface area (Å²) in [5, 5.41) is 6.03. The SMILES string of the molecule is CNC1CCCN(S(=O)(=O)c2cccc(C(=O)NC3CC3)c2)C1.Cl. The van der Waals surface area contributed by atoms with Crippen LogP contribution in [0.25, 0.3) is 0 Å². The first kappa shape index (κ1) is 19.2. The molecule has 6 nitrogen and oxygen atoms in total. The summed E-state index contributed by atoms with van der Waals surface area (Å²) in [6, 6.07) is 6.76. The van der Waals surface area contributed by atoms with Crippen molar-refractivity contribution in [2.45, 2.75) is 42.7 Å². The number of hydrogen-bond acceptors (Lipinski definition) is 4. The van der Waals surface area contributed by atoms with Crippen LogP contribution in [0.1, 0.15) is 36.0 Å². The van der Waals surface area contributed by atoms with E-state index in [1.807, 2.05) is 7.05 Å². The number of sulfonamides is 1. The number of piperidine rings is 1. The van der Waals surface area contributed by atoms with E-state index in [4.69, 9.17) is 0 Å². The van der Waals surface area contributed by atoms with E-state index in [2.05, 4.69) is 10.6 Å². The maximum absolute atomic E-state index is 12.8. The highest BCUT2D eigenvalue weighted by molar-refractivity contribution is 7.89. The molecule has 1 aromatic carbocycles. The van der Waals surface area contributed by atoms with E-state index in [-0.39, 0.29) is 35.3 Å². The first-order valence-electron chi connectivity index (χ1n) is 8.09. The van der Waals surface area contributed by atoms with Gasteiger partial charge in [0.25, 0.3) is 5.91 Å². The molecule has 1 saturated carbocycles. The summed E-state index contributed by atoms with van der Waals surface area (Å²) in [5.41, 5.74) is 0.403. The molecular formula is C16H24ClN3O3S. The molecule has 8 heteroatoms. The van der Waals surface area contributed by atoms with Crippen molar-refractivity contribution in [1.82, 2.24) is 14.9 Å². The van der Waals surface area contributed by atoms with Gasteiger partial charge in [-0.15, -0.1) is 12.4 Å². The molecule has 0 bridgehead atoms. The van der Waals surface area contributed by atoms with Crippen LogP contribution in [-0.2, 0) is 10.0 Å². The third-order valence-corrected chi connectivity index (χ3v) is 6.30. The Bertz CT molecular complexity index is 692. The number of nitrogens with zero attached hydrogens (tertiary/aromatic N) is 1. The van der Waals surface area contributed by atoms with Crippen molar-refractivity contribution in [3.63, 3.8) is 0 Å². The third-order valence-electron chi connectivity index (χ3n) is 4.44. The van der Waals surface area contributed by atoms with Crippen LogP contribution in [0.15, 0.2) is 29.2 Å². The van der Waals surface area contributed by atoms with Gasteiger partial charge in [-0.1, -0.05) is 6.07 Å². The highest BCUT2D eigenvalue weighted by Gasteiger charge is 2.30. The molecular weight excluding hydrogens is 350 g/mol. The second kappa shape index (κ2) is 7.82.